The van der Waals surface area contributed by atoms with Crippen LogP contribution in [-0.4, -0.2) is 28.7 Å². The second-order valence-corrected chi connectivity index (χ2v) is 8.98. The van der Waals surface area contributed by atoms with E-state index in [4.69, 9.17) is 9.47 Å². The van der Waals surface area contributed by atoms with Crippen molar-refractivity contribution in [3.63, 3.8) is 0 Å². The molecule has 0 radical (unpaired) electrons. The summed E-state index contributed by atoms with van der Waals surface area (Å²) < 4.78 is 12.8. The molecular formula is C23H26N2O5. The molecule has 1 aromatic carbocycles. The minimum atomic E-state index is -0.685. The molecule has 0 unspecified atom stereocenters. The molecule has 1 spiro atoms. The molecule has 1 saturated carbocycles. The van der Waals surface area contributed by atoms with Crippen LogP contribution in [0.1, 0.15) is 56.1 Å². The lowest BCUT2D eigenvalue weighted by molar-refractivity contribution is 0.0383. The van der Waals surface area contributed by atoms with Gasteiger partial charge in [0, 0.05) is 12.3 Å². The number of carbonyl (C=O) groups is 2. The number of aromatic nitrogens is 1. The van der Waals surface area contributed by atoms with Crippen molar-refractivity contribution in [2.24, 2.45) is 5.41 Å². The molecule has 2 aromatic rings. The van der Waals surface area contributed by atoms with Crippen molar-refractivity contribution in [2.75, 3.05) is 11.6 Å². The maximum absolute atomic E-state index is 13.4. The van der Waals surface area contributed by atoms with Gasteiger partial charge in [-0.15, -0.1) is 0 Å². The Morgan fingerprint density at radius 3 is 2.40 bits per heavy atom. The number of ether oxygens (including phenoxy) is 2. The van der Waals surface area contributed by atoms with Gasteiger partial charge < -0.3 is 9.47 Å². The van der Waals surface area contributed by atoms with Crippen LogP contribution in [0.5, 0.6) is 5.75 Å². The third-order valence-electron chi connectivity index (χ3n) is 5.59. The van der Waals surface area contributed by atoms with Gasteiger partial charge in [0.2, 0.25) is 5.43 Å². The Balaban J connectivity index is 1.76. The van der Waals surface area contributed by atoms with Gasteiger partial charge >= 0.3 is 6.09 Å². The Hall–Kier alpha value is -3.09. The van der Waals surface area contributed by atoms with Crippen LogP contribution in [0.3, 0.4) is 0 Å². The molecule has 7 heteroatoms. The summed E-state index contributed by atoms with van der Waals surface area (Å²) in [5.74, 6) is -0.166. The minimum absolute atomic E-state index is 0.0223. The molecule has 2 heterocycles. The summed E-state index contributed by atoms with van der Waals surface area (Å²) in [5, 5.41) is 1.41. The summed E-state index contributed by atoms with van der Waals surface area (Å²) in [7, 11) is 0. The first-order valence-corrected chi connectivity index (χ1v) is 10.2. The van der Waals surface area contributed by atoms with Crippen LogP contribution in [0.4, 0.5) is 4.79 Å². The third-order valence-corrected chi connectivity index (χ3v) is 5.59. The lowest BCUT2D eigenvalue weighted by Crippen LogP contribution is -2.60. The SMILES string of the molecule is CC(C)(C)OC(=O)N1CC2(CCC2)C(=O)c2c(OCc3ccccc3)c(=O)ccn21. The molecule has 30 heavy (non-hydrogen) atoms. The first-order valence-electron chi connectivity index (χ1n) is 10.2. The van der Waals surface area contributed by atoms with Gasteiger partial charge in [0.25, 0.3) is 0 Å². The highest BCUT2D eigenvalue weighted by molar-refractivity contribution is 6.04. The number of fused-ring (bicyclic) bond motifs is 1. The molecule has 1 amide bonds. The minimum Gasteiger partial charge on any atom is -0.483 e. The first kappa shape index (κ1) is 20.2. The number of hydrogen-bond donors (Lipinski definition) is 0. The maximum Gasteiger partial charge on any atom is 0.429 e. The van der Waals surface area contributed by atoms with Gasteiger partial charge in [0.15, 0.2) is 17.2 Å². The predicted octanol–water partition coefficient (Wildman–Crippen LogP) is 3.67. The van der Waals surface area contributed by atoms with E-state index in [1.807, 2.05) is 30.3 Å². The molecule has 0 N–H and O–H groups in total. The van der Waals surface area contributed by atoms with Crippen molar-refractivity contribution in [2.45, 2.75) is 52.2 Å². The molecule has 2 aliphatic rings. The highest BCUT2D eigenvalue weighted by Crippen LogP contribution is 2.47. The maximum atomic E-state index is 13.4. The van der Waals surface area contributed by atoms with Gasteiger partial charge in [0.1, 0.15) is 12.2 Å². The molecule has 7 nitrogen and oxygen atoms in total. The number of ketones is 1. The Morgan fingerprint density at radius 2 is 1.80 bits per heavy atom. The fourth-order valence-corrected chi connectivity index (χ4v) is 3.93. The molecular weight excluding hydrogens is 384 g/mol. The van der Waals surface area contributed by atoms with Crippen LogP contribution in [0.2, 0.25) is 0 Å². The second-order valence-electron chi connectivity index (χ2n) is 8.98. The second kappa shape index (κ2) is 7.31. The van der Waals surface area contributed by atoms with E-state index in [0.717, 1.165) is 12.0 Å². The number of pyridine rings is 1. The van der Waals surface area contributed by atoms with Crippen LogP contribution in [-0.2, 0) is 11.3 Å². The molecule has 4 rings (SSSR count). The van der Waals surface area contributed by atoms with Crippen LogP contribution in [0.25, 0.3) is 0 Å². The molecule has 0 saturated heterocycles. The first-order chi connectivity index (χ1) is 14.2. The molecule has 1 fully saturated rings. The number of carbonyl (C=O) groups excluding carboxylic acids is 2. The molecule has 1 aliphatic heterocycles. The number of amides is 1. The average molecular weight is 410 g/mol. The van der Waals surface area contributed by atoms with Gasteiger partial charge in [-0.25, -0.2) is 14.5 Å². The number of benzene rings is 1. The van der Waals surface area contributed by atoms with Crippen molar-refractivity contribution >= 4 is 11.9 Å². The topological polar surface area (TPSA) is 77.8 Å². The molecule has 1 aliphatic carbocycles. The third kappa shape index (κ3) is 3.60. The van der Waals surface area contributed by atoms with Gasteiger partial charge in [-0.05, 0) is 39.2 Å². The largest absolute Gasteiger partial charge is 0.483 e. The highest BCUT2D eigenvalue weighted by atomic mass is 16.6. The van der Waals surface area contributed by atoms with Crippen molar-refractivity contribution in [3.05, 3.63) is 64.1 Å². The Kier molecular flexibility index (Phi) is 4.92. The number of nitrogens with zero attached hydrogens (tertiary/aromatic N) is 2. The Bertz CT molecular complexity index is 1030. The normalized spacial score (nSPS) is 17.3. The van der Waals surface area contributed by atoms with E-state index in [9.17, 15) is 14.4 Å². The number of Topliss-reactive ketones (excluding diaryl/α,β-unsaturated/α-hetero) is 1. The van der Waals surface area contributed by atoms with Crippen LogP contribution in [0, 0.1) is 5.41 Å². The summed E-state index contributed by atoms with van der Waals surface area (Å²) in [5.41, 5.74) is -0.751. The predicted molar refractivity (Wildman–Crippen MR) is 111 cm³/mol. The Labute approximate surface area is 175 Å². The van der Waals surface area contributed by atoms with E-state index in [2.05, 4.69) is 0 Å². The lowest BCUT2D eigenvalue weighted by atomic mass is 9.64. The van der Waals surface area contributed by atoms with Crippen molar-refractivity contribution in [3.8, 4) is 5.75 Å². The van der Waals surface area contributed by atoms with E-state index in [-0.39, 0.29) is 35.8 Å². The summed E-state index contributed by atoms with van der Waals surface area (Å²) in [6, 6.07) is 10.7. The fourth-order valence-electron chi connectivity index (χ4n) is 3.93. The van der Waals surface area contributed by atoms with Gasteiger partial charge in [-0.1, -0.05) is 36.8 Å². The summed E-state index contributed by atoms with van der Waals surface area (Å²) in [4.78, 5) is 39.0. The van der Waals surface area contributed by atoms with Gasteiger partial charge in [-0.3, -0.25) is 9.59 Å². The summed E-state index contributed by atoms with van der Waals surface area (Å²) in [6.45, 7) is 5.76. The van der Waals surface area contributed by atoms with Crippen LogP contribution >= 0.6 is 0 Å². The highest BCUT2D eigenvalue weighted by Gasteiger charge is 2.52. The zero-order chi connectivity index (χ0) is 21.5. The van der Waals surface area contributed by atoms with E-state index >= 15 is 0 Å². The zero-order valence-electron chi connectivity index (χ0n) is 17.5. The Morgan fingerprint density at radius 1 is 1.10 bits per heavy atom. The smallest absolute Gasteiger partial charge is 0.429 e. The zero-order valence-corrected chi connectivity index (χ0v) is 17.5. The van der Waals surface area contributed by atoms with E-state index in [1.54, 1.807) is 20.8 Å². The number of rotatable bonds is 3. The molecule has 0 atom stereocenters. The van der Waals surface area contributed by atoms with Gasteiger partial charge in [0.05, 0.1) is 12.0 Å². The van der Waals surface area contributed by atoms with Gasteiger partial charge in [-0.2, -0.15) is 0 Å². The quantitative estimate of drug-likeness (QED) is 0.772. The van der Waals surface area contributed by atoms with E-state index in [1.165, 1.54) is 21.9 Å². The van der Waals surface area contributed by atoms with Crippen molar-refractivity contribution in [1.29, 1.82) is 0 Å². The fraction of sp³-hybridized carbons (Fsp3) is 0.435. The summed E-state index contributed by atoms with van der Waals surface area (Å²) in [6.07, 6.45) is 3.14. The number of hydrogen-bond acceptors (Lipinski definition) is 5. The summed E-state index contributed by atoms with van der Waals surface area (Å²) >= 11 is 0. The van der Waals surface area contributed by atoms with Crippen molar-refractivity contribution in [1.82, 2.24) is 4.68 Å². The van der Waals surface area contributed by atoms with E-state index < -0.39 is 17.1 Å². The monoisotopic (exact) mass is 410 g/mol. The average Bonchev–Trinajstić information content (AvgIpc) is 2.65. The van der Waals surface area contributed by atoms with Crippen molar-refractivity contribution < 1.29 is 19.1 Å². The standard InChI is InChI=1S/C23H26N2O5/c1-22(2,3)30-21(28)25-15-23(11-7-12-23)20(27)18-19(17(26)10-13-24(18)25)29-14-16-8-5-4-6-9-16/h4-6,8-10,13H,7,11-12,14-15H2,1-3H3. The van der Waals surface area contributed by atoms with Crippen LogP contribution < -0.4 is 15.2 Å². The molecule has 158 valence electrons. The van der Waals surface area contributed by atoms with E-state index in [0.29, 0.717) is 12.8 Å². The molecule has 0 bridgehead atoms. The van der Waals surface area contributed by atoms with Crippen LogP contribution in [0.15, 0.2) is 47.4 Å². The molecule has 1 aromatic heterocycles. The lowest BCUT2D eigenvalue weighted by Gasteiger charge is -2.48.